The molecule has 2 atom stereocenters. The van der Waals surface area contributed by atoms with Gasteiger partial charge in [0.2, 0.25) is 5.90 Å². The van der Waals surface area contributed by atoms with Crippen molar-refractivity contribution in [1.29, 1.82) is 0 Å². The predicted molar refractivity (Wildman–Crippen MR) is 177 cm³/mol. The number of amides is 1. The molecule has 0 unspecified atom stereocenters. The second-order valence-corrected chi connectivity index (χ2v) is 11.5. The van der Waals surface area contributed by atoms with E-state index in [2.05, 4.69) is 10.1 Å². The van der Waals surface area contributed by atoms with E-state index >= 15 is 0 Å². The number of aliphatic hydroxyl groups is 1. The lowest BCUT2D eigenvalue weighted by molar-refractivity contribution is -0.127. The van der Waals surface area contributed by atoms with E-state index in [1.54, 1.807) is 19.1 Å². The van der Waals surface area contributed by atoms with E-state index in [-0.39, 0.29) is 19.1 Å². The first-order chi connectivity index (χ1) is 23.5. The van der Waals surface area contributed by atoms with Gasteiger partial charge in [-0.3, -0.25) is 4.79 Å². The van der Waals surface area contributed by atoms with E-state index in [1.807, 2.05) is 97.1 Å². The van der Waals surface area contributed by atoms with Gasteiger partial charge in [-0.2, -0.15) is 4.98 Å². The van der Waals surface area contributed by atoms with Gasteiger partial charge in [-0.05, 0) is 77.9 Å². The number of carbonyl (C=O) groups is 1. The molecule has 244 valence electrons. The van der Waals surface area contributed by atoms with Crippen molar-refractivity contribution in [3.8, 4) is 28.7 Å². The number of hydrogen-bond acceptors (Lipinski definition) is 10. The molecule has 0 aliphatic carbocycles. The number of methoxy groups -OCH3 is 2. The number of aliphatic hydroxyl groups excluding tert-OH is 1. The third-order valence-corrected chi connectivity index (χ3v) is 8.50. The van der Waals surface area contributed by atoms with Gasteiger partial charge in [-0.1, -0.05) is 35.5 Å². The summed E-state index contributed by atoms with van der Waals surface area (Å²) in [5, 5.41) is 13.3. The monoisotopic (exact) mass is 646 g/mol. The Bertz CT molecular complexity index is 1940. The van der Waals surface area contributed by atoms with Gasteiger partial charge >= 0.3 is 0 Å². The molecule has 11 nitrogen and oxygen atoms in total. The quantitative estimate of drug-likeness (QED) is 0.183. The first kappa shape index (κ1) is 30.9. The van der Waals surface area contributed by atoms with Gasteiger partial charge < -0.3 is 33.5 Å². The number of anilines is 1. The highest BCUT2D eigenvalue weighted by Gasteiger charge is 2.57. The Kier molecular flexibility index (Phi) is 8.51. The number of carbonyl (C=O) groups excluding carboxylic acids is 1. The second kappa shape index (κ2) is 13.2. The first-order valence-electron chi connectivity index (χ1n) is 15.6. The summed E-state index contributed by atoms with van der Waals surface area (Å²) in [7, 11) is 3.21. The minimum atomic E-state index is -1.34. The zero-order valence-electron chi connectivity index (χ0n) is 26.5. The van der Waals surface area contributed by atoms with Crippen LogP contribution in [0.15, 0.2) is 107 Å². The summed E-state index contributed by atoms with van der Waals surface area (Å²) >= 11 is 0. The molecular weight excluding hydrogens is 612 g/mol. The highest BCUT2D eigenvalue weighted by atomic mass is 16.5. The summed E-state index contributed by atoms with van der Waals surface area (Å²) in [6.07, 6.45) is 0.0940. The molecule has 1 N–H and O–H groups in total. The normalized spacial score (nSPS) is 18.3. The van der Waals surface area contributed by atoms with E-state index < -0.39 is 11.6 Å². The number of para-hydroxylation sites is 1. The zero-order chi connectivity index (χ0) is 33.1. The summed E-state index contributed by atoms with van der Waals surface area (Å²) < 4.78 is 28.8. The predicted octanol–water partition coefficient (Wildman–Crippen LogP) is 5.56. The summed E-state index contributed by atoms with van der Waals surface area (Å²) in [4.78, 5) is 26.4. The second-order valence-electron chi connectivity index (χ2n) is 11.5. The van der Waals surface area contributed by atoms with Crippen LogP contribution in [0.4, 0.5) is 5.69 Å². The Morgan fingerprint density at radius 3 is 2.42 bits per heavy atom. The summed E-state index contributed by atoms with van der Waals surface area (Å²) in [6, 6.07) is 30.0. The van der Waals surface area contributed by atoms with E-state index in [4.69, 9.17) is 33.6 Å². The van der Waals surface area contributed by atoms with Crippen LogP contribution in [0.25, 0.3) is 11.5 Å². The molecule has 1 aromatic heterocycles. The first-order valence-corrected chi connectivity index (χ1v) is 15.6. The molecule has 0 radical (unpaired) electrons. The number of aromatic nitrogens is 2. The molecule has 7 rings (SSSR count). The van der Waals surface area contributed by atoms with Crippen LogP contribution in [0.5, 0.6) is 17.2 Å². The highest BCUT2D eigenvalue weighted by Crippen LogP contribution is 2.48. The summed E-state index contributed by atoms with van der Waals surface area (Å²) in [6.45, 7) is 0.522. The summed E-state index contributed by atoms with van der Waals surface area (Å²) in [5.41, 5.74) is 2.54. The van der Waals surface area contributed by atoms with E-state index in [0.717, 1.165) is 22.4 Å². The topological polar surface area (TPSA) is 129 Å². The Labute approximate surface area is 277 Å². The van der Waals surface area contributed by atoms with E-state index in [1.165, 1.54) is 0 Å². The molecule has 1 spiro atoms. The maximum Gasteiger partial charge on any atom is 0.260 e. The van der Waals surface area contributed by atoms with Crippen molar-refractivity contribution < 1.29 is 33.4 Å². The van der Waals surface area contributed by atoms with Crippen molar-refractivity contribution in [2.75, 3.05) is 32.3 Å². The third-order valence-electron chi connectivity index (χ3n) is 8.50. The van der Waals surface area contributed by atoms with Crippen molar-refractivity contribution in [2.24, 2.45) is 4.99 Å². The van der Waals surface area contributed by atoms with Crippen LogP contribution in [0.1, 0.15) is 35.0 Å². The van der Waals surface area contributed by atoms with Gasteiger partial charge in [0.25, 0.3) is 11.8 Å². The van der Waals surface area contributed by atoms with Crippen molar-refractivity contribution >= 4 is 17.5 Å². The molecule has 2 aliphatic rings. The Hall–Kier alpha value is -5.68. The molecule has 48 heavy (non-hydrogen) atoms. The molecule has 2 aliphatic heterocycles. The smallest absolute Gasteiger partial charge is 0.260 e. The van der Waals surface area contributed by atoms with E-state index in [9.17, 15) is 4.79 Å². The lowest BCUT2D eigenvalue weighted by Gasteiger charge is -2.40. The molecule has 0 fully saturated rings. The standard InChI is InChI=1S/C37H34N4O7/c1-44-28-15-11-24(12-16-28)34-38-32(40-48-34)23-41-31-10-4-3-7-27(31)22-37(36(41)43)33(26-8-5-9-30(21-26)45-2)47-35(39-37)25-13-17-29(18-14-25)46-20-6-19-42/h3-5,7-18,21,33,42H,6,19-20,22-23H2,1-2H3/t33-,37-/m1/s1. The van der Waals surface area contributed by atoms with Crippen LogP contribution in [-0.4, -0.2) is 60.0 Å². The molecule has 0 saturated carbocycles. The van der Waals surface area contributed by atoms with Crippen LogP contribution in [0.2, 0.25) is 0 Å². The molecule has 0 saturated heterocycles. The molecule has 3 heterocycles. The fourth-order valence-corrected chi connectivity index (χ4v) is 6.10. The third kappa shape index (κ3) is 5.84. The number of aliphatic imine (C=N–C) groups is 1. The van der Waals surface area contributed by atoms with Crippen molar-refractivity contribution in [1.82, 2.24) is 10.1 Å². The van der Waals surface area contributed by atoms with Crippen LogP contribution >= 0.6 is 0 Å². The largest absolute Gasteiger partial charge is 0.497 e. The van der Waals surface area contributed by atoms with Crippen LogP contribution < -0.4 is 19.1 Å². The number of fused-ring (bicyclic) bond motifs is 1. The van der Waals surface area contributed by atoms with Gasteiger partial charge in [0, 0.05) is 36.3 Å². The Morgan fingerprint density at radius 2 is 1.65 bits per heavy atom. The van der Waals surface area contributed by atoms with Gasteiger partial charge in [0.15, 0.2) is 17.5 Å². The molecule has 1 amide bonds. The minimum Gasteiger partial charge on any atom is -0.497 e. The molecule has 4 aromatic carbocycles. The maximum atomic E-state index is 14.9. The summed E-state index contributed by atoms with van der Waals surface area (Å²) in [5.74, 6) is 2.80. The number of hydrogen-bond donors (Lipinski definition) is 1. The SMILES string of the molecule is COc1ccc(-c2nc(CN3C(=O)[C@]4(Cc5ccccc53)N=C(c3ccc(OCCCO)cc3)O[C@@H]4c3cccc(OC)c3)no2)cc1. The highest BCUT2D eigenvalue weighted by molar-refractivity contribution is 6.08. The molecule has 11 heteroatoms. The number of benzene rings is 4. The van der Waals surface area contributed by atoms with Crippen molar-refractivity contribution in [3.63, 3.8) is 0 Å². The van der Waals surface area contributed by atoms with Crippen LogP contribution in [0, 0.1) is 0 Å². The molecule has 5 aromatic rings. The van der Waals surface area contributed by atoms with Crippen molar-refractivity contribution in [3.05, 3.63) is 120 Å². The lowest BCUT2D eigenvalue weighted by Crippen LogP contribution is -2.55. The average molecular weight is 647 g/mol. The van der Waals surface area contributed by atoms with Gasteiger partial charge in [-0.15, -0.1) is 0 Å². The fraction of sp³-hybridized carbons (Fsp3) is 0.243. The van der Waals surface area contributed by atoms with Crippen LogP contribution in [-0.2, 0) is 22.5 Å². The number of nitrogens with zero attached hydrogens (tertiary/aromatic N) is 4. The van der Waals surface area contributed by atoms with Gasteiger partial charge in [0.1, 0.15) is 17.2 Å². The minimum absolute atomic E-state index is 0.0567. The van der Waals surface area contributed by atoms with Crippen molar-refractivity contribution in [2.45, 2.75) is 31.0 Å². The zero-order valence-corrected chi connectivity index (χ0v) is 26.5. The Morgan fingerprint density at radius 1 is 0.896 bits per heavy atom. The van der Waals surface area contributed by atoms with Gasteiger partial charge in [0.05, 0.1) is 27.4 Å². The fourth-order valence-electron chi connectivity index (χ4n) is 6.10. The molecule has 0 bridgehead atoms. The maximum absolute atomic E-state index is 14.9. The number of ether oxygens (including phenoxy) is 4. The molecular formula is C37H34N4O7. The van der Waals surface area contributed by atoms with E-state index in [0.29, 0.717) is 59.9 Å². The van der Waals surface area contributed by atoms with Gasteiger partial charge in [-0.25, -0.2) is 4.99 Å². The number of rotatable bonds is 11. The lowest BCUT2D eigenvalue weighted by atomic mass is 9.78. The average Bonchev–Trinajstić information content (AvgIpc) is 3.76. The van der Waals surface area contributed by atoms with Crippen LogP contribution in [0.3, 0.4) is 0 Å². The Balaban J connectivity index is 1.27.